The molecule has 2 aromatic heterocycles. The second-order valence-corrected chi connectivity index (χ2v) is 10.8. The van der Waals surface area contributed by atoms with Gasteiger partial charge in [-0.1, -0.05) is 0 Å². The van der Waals surface area contributed by atoms with Crippen LogP contribution in [0.25, 0.3) is 0 Å². The number of hydrogen-bond donors (Lipinski definition) is 1. The molecule has 0 unspecified atom stereocenters. The fraction of sp³-hybridized carbons (Fsp3) is 0.429. The van der Waals surface area contributed by atoms with E-state index in [2.05, 4.69) is 25.6 Å². The number of sulfonamides is 1. The maximum atomic E-state index is 12.4. The maximum absolute atomic E-state index is 12.4. The van der Waals surface area contributed by atoms with E-state index >= 15 is 0 Å². The van der Waals surface area contributed by atoms with Crippen molar-refractivity contribution in [1.82, 2.24) is 9.62 Å². The summed E-state index contributed by atoms with van der Waals surface area (Å²) in [7, 11) is -3.50. The van der Waals surface area contributed by atoms with Crippen molar-refractivity contribution in [3.05, 3.63) is 40.1 Å². The largest absolute Gasteiger partial charge is 0.468 e. The molecule has 9 heteroatoms. The van der Waals surface area contributed by atoms with Gasteiger partial charge in [-0.05, 0) is 40.2 Å². The number of furan rings is 1. The van der Waals surface area contributed by atoms with E-state index in [0.29, 0.717) is 10.8 Å². The van der Waals surface area contributed by atoms with E-state index < -0.39 is 10.0 Å². The van der Waals surface area contributed by atoms with Gasteiger partial charge >= 0.3 is 0 Å². The highest BCUT2D eigenvalue weighted by molar-refractivity contribution is 9.11. The SMILES string of the molecule is O=S(=O)(NC[C@H](c1ccco1)N1CCSCC1)c1ccc(Br)s1. The summed E-state index contributed by atoms with van der Waals surface area (Å²) >= 11 is 6.43. The Labute approximate surface area is 152 Å². The third kappa shape index (κ3) is 4.40. The molecule has 1 atom stereocenters. The van der Waals surface area contributed by atoms with Gasteiger partial charge in [-0.25, -0.2) is 13.1 Å². The van der Waals surface area contributed by atoms with E-state index in [1.165, 1.54) is 11.3 Å². The van der Waals surface area contributed by atoms with Gasteiger partial charge in [-0.3, -0.25) is 4.90 Å². The number of rotatable bonds is 6. The first-order chi connectivity index (χ1) is 11.1. The van der Waals surface area contributed by atoms with Gasteiger partial charge in [0.1, 0.15) is 9.97 Å². The highest BCUT2D eigenvalue weighted by Gasteiger charge is 2.27. The molecule has 0 aromatic carbocycles. The topological polar surface area (TPSA) is 62.6 Å². The average Bonchev–Trinajstić information content (AvgIpc) is 3.20. The van der Waals surface area contributed by atoms with Crippen molar-refractivity contribution in [2.75, 3.05) is 31.1 Å². The van der Waals surface area contributed by atoms with E-state index in [9.17, 15) is 8.42 Å². The Morgan fingerprint density at radius 1 is 1.30 bits per heavy atom. The highest BCUT2D eigenvalue weighted by Crippen LogP contribution is 2.27. The third-order valence-corrected chi connectivity index (χ3v) is 8.12. The van der Waals surface area contributed by atoms with Crippen molar-refractivity contribution in [1.29, 1.82) is 0 Å². The number of thiophene rings is 1. The van der Waals surface area contributed by atoms with Crippen molar-refractivity contribution in [2.45, 2.75) is 10.3 Å². The Morgan fingerprint density at radius 2 is 2.09 bits per heavy atom. The van der Waals surface area contributed by atoms with Gasteiger partial charge < -0.3 is 4.42 Å². The predicted molar refractivity (Wildman–Crippen MR) is 97.6 cm³/mol. The summed E-state index contributed by atoms with van der Waals surface area (Å²) in [6.45, 7) is 2.17. The molecule has 1 fully saturated rings. The Morgan fingerprint density at radius 3 is 2.70 bits per heavy atom. The third-order valence-electron chi connectivity index (χ3n) is 3.64. The van der Waals surface area contributed by atoms with Crippen molar-refractivity contribution >= 4 is 49.1 Å². The molecule has 2 aromatic rings. The van der Waals surface area contributed by atoms with Crippen LogP contribution in [0.2, 0.25) is 0 Å². The first kappa shape index (κ1) is 17.5. The minimum atomic E-state index is -3.50. The van der Waals surface area contributed by atoms with Gasteiger partial charge in [-0.2, -0.15) is 11.8 Å². The smallest absolute Gasteiger partial charge is 0.250 e. The number of halogens is 1. The zero-order valence-corrected chi connectivity index (χ0v) is 16.3. The standard InChI is InChI=1S/C14H17BrN2O3S3/c15-13-3-4-14(22-13)23(18,19)16-10-11(12-2-1-7-20-12)17-5-8-21-9-6-17/h1-4,7,11,16H,5-6,8-10H2/t11-/m1/s1. The minimum Gasteiger partial charge on any atom is -0.468 e. The number of nitrogens with zero attached hydrogens (tertiary/aromatic N) is 1. The Bertz CT molecular complexity index is 724. The molecule has 126 valence electrons. The lowest BCUT2D eigenvalue weighted by Crippen LogP contribution is -2.41. The lowest BCUT2D eigenvalue weighted by atomic mass is 10.2. The van der Waals surface area contributed by atoms with Crippen LogP contribution in [-0.2, 0) is 10.0 Å². The van der Waals surface area contributed by atoms with Gasteiger partial charge in [-0.15, -0.1) is 11.3 Å². The molecule has 1 saturated heterocycles. The molecule has 3 heterocycles. The molecule has 0 amide bonds. The molecule has 3 rings (SSSR count). The predicted octanol–water partition coefficient (Wildman–Crippen LogP) is 3.17. The van der Waals surface area contributed by atoms with Crippen LogP contribution in [0.15, 0.2) is 42.9 Å². The fourth-order valence-electron chi connectivity index (χ4n) is 2.48. The lowest BCUT2D eigenvalue weighted by molar-refractivity contribution is 0.193. The van der Waals surface area contributed by atoms with E-state index in [4.69, 9.17) is 4.42 Å². The zero-order valence-electron chi connectivity index (χ0n) is 12.3. The quantitative estimate of drug-likeness (QED) is 0.752. The van der Waals surface area contributed by atoms with Crippen LogP contribution in [-0.4, -0.2) is 44.5 Å². The molecule has 0 saturated carbocycles. The second kappa shape index (κ2) is 7.71. The molecule has 1 N–H and O–H groups in total. The van der Waals surface area contributed by atoms with Crippen molar-refractivity contribution < 1.29 is 12.8 Å². The Hall–Kier alpha value is -0.320. The molecule has 0 bridgehead atoms. The fourth-order valence-corrected chi connectivity index (χ4v) is 6.51. The molecule has 5 nitrogen and oxygen atoms in total. The summed E-state index contributed by atoms with van der Waals surface area (Å²) in [5.74, 6) is 2.91. The molecular weight excluding hydrogens is 420 g/mol. The zero-order chi connectivity index (χ0) is 16.3. The van der Waals surface area contributed by atoms with Crippen molar-refractivity contribution in [2.24, 2.45) is 0 Å². The Kier molecular flexibility index (Phi) is 5.87. The van der Waals surface area contributed by atoms with Crippen LogP contribution < -0.4 is 4.72 Å². The molecular formula is C14H17BrN2O3S3. The van der Waals surface area contributed by atoms with Crippen LogP contribution in [0.5, 0.6) is 0 Å². The normalized spacial score (nSPS) is 18.1. The van der Waals surface area contributed by atoms with Gasteiger partial charge in [0.05, 0.1) is 16.1 Å². The number of hydrogen-bond acceptors (Lipinski definition) is 6. The van der Waals surface area contributed by atoms with E-state index in [1.54, 1.807) is 18.4 Å². The first-order valence-electron chi connectivity index (χ1n) is 7.16. The van der Waals surface area contributed by atoms with Crippen LogP contribution >= 0.6 is 39.0 Å². The summed E-state index contributed by atoms with van der Waals surface area (Å²) in [6, 6.07) is 7.01. The molecule has 23 heavy (non-hydrogen) atoms. The maximum Gasteiger partial charge on any atom is 0.250 e. The molecule has 0 aliphatic carbocycles. The van der Waals surface area contributed by atoms with Crippen LogP contribution in [0.1, 0.15) is 11.8 Å². The summed E-state index contributed by atoms with van der Waals surface area (Å²) in [5.41, 5.74) is 0. The number of thioether (sulfide) groups is 1. The molecule has 1 aliphatic rings. The monoisotopic (exact) mass is 436 g/mol. The first-order valence-corrected chi connectivity index (χ1v) is 11.4. The van der Waals surface area contributed by atoms with Gasteiger partial charge in [0.15, 0.2) is 0 Å². The molecule has 0 spiro atoms. The Balaban J connectivity index is 1.73. The minimum absolute atomic E-state index is 0.0796. The van der Waals surface area contributed by atoms with Crippen molar-refractivity contribution in [3.63, 3.8) is 0 Å². The lowest BCUT2D eigenvalue weighted by Gasteiger charge is -2.33. The van der Waals surface area contributed by atoms with Crippen molar-refractivity contribution in [3.8, 4) is 0 Å². The highest BCUT2D eigenvalue weighted by atomic mass is 79.9. The molecule has 0 radical (unpaired) electrons. The molecule has 1 aliphatic heterocycles. The summed E-state index contributed by atoms with van der Waals surface area (Å²) in [6.07, 6.45) is 1.63. The van der Waals surface area contributed by atoms with E-state index in [0.717, 1.165) is 34.1 Å². The van der Waals surface area contributed by atoms with Gasteiger partial charge in [0, 0.05) is 31.1 Å². The number of nitrogens with one attached hydrogen (secondary N) is 1. The van der Waals surface area contributed by atoms with Gasteiger partial charge in [0.2, 0.25) is 10.0 Å². The van der Waals surface area contributed by atoms with Crippen LogP contribution in [0.4, 0.5) is 0 Å². The van der Waals surface area contributed by atoms with Crippen LogP contribution in [0.3, 0.4) is 0 Å². The summed E-state index contributed by atoms with van der Waals surface area (Å²) in [4.78, 5) is 2.28. The van der Waals surface area contributed by atoms with E-state index in [-0.39, 0.29) is 6.04 Å². The van der Waals surface area contributed by atoms with E-state index in [1.807, 2.05) is 23.9 Å². The van der Waals surface area contributed by atoms with Gasteiger partial charge in [0.25, 0.3) is 0 Å². The van der Waals surface area contributed by atoms with Crippen LogP contribution in [0, 0.1) is 0 Å². The summed E-state index contributed by atoms with van der Waals surface area (Å²) < 4.78 is 34.2. The second-order valence-electron chi connectivity index (χ2n) is 5.09. The average molecular weight is 437 g/mol. The summed E-state index contributed by atoms with van der Waals surface area (Å²) in [5, 5.41) is 0.